The minimum Gasteiger partial charge on any atom is -0.494 e. The van der Waals surface area contributed by atoms with Crippen molar-refractivity contribution in [3.8, 4) is 11.5 Å². The summed E-state index contributed by atoms with van der Waals surface area (Å²) in [6, 6.07) is 11.7. The summed E-state index contributed by atoms with van der Waals surface area (Å²) in [7, 11) is 2.01. The van der Waals surface area contributed by atoms with Gasteiger partial charge in [-0.3, -0.25) is 4.79 Å². The van der Waals surface area contributed by atoms with Crippen LogP contribution in [-0.4, -0.2) is 66.8 Å². The molecule has 0 unspecified atom stereocenters. The lowest BCUT2D eigenvalue weighted by Gasteiger charge is -2.16. The SMILES string of the molecule is Cn1c2ccc(OCCCN3CCCC3)cc2c(=O)c2cc(OCCCN3CCCC3)ccc21. The van der Waals surface area contributed by atoms with Gasteiger partial charge in [-0.2, -0.15) is 0 Å². The maximum atomic E-state index is 13.4. The molecule has 6 heteroatoms. The quantitative estimate of drug-likeness (QED) is 0.329. The second-order valence-electron chi connectivity index (χ2n) is 9.75. The molecule has 0 bridgehead atoms. The van der Waals surface area contributed by atoms with Gasteiger partial charge >= 0.3 is 0 Å². The lowest BCUT2D eigenvalue weighted by Crippen LogP contribution is -2.22. The fourth-order valence-corrected chi connectivity index (χ4v) is 5.40. The smallest absolute Gasteiger partial charge is 0.197 e. The van der Waals surface area contributed by atoms with Gasteiger partial charge in [0.05, 0.1) is 24.2 Å². The number of nitrogens with zero attached hydrogens (tertiary/aromatic N) is 3. The molecule has 0 spiro atoms. The van der Waals surface area contributed by atoms with Crippen LogP contribution in [0.4, 0.5) is 0 Å². The molecule has 34 heavy (non-hydrogen) atoms. The highest BCUT2D eigenvalue weighted by Gasteiger charge is 2.13. The van der Waals surface area contributed by atoms with Gasteiger partial charge in [0, 0.05) is 30.9 Å². The fraction of sp³-hybridized carbons (Fsp3) is 0.536. The number of aromatic nitrogens is 1. The molecule has 0 saturated carbocycles. The van der Waals surface area contributed by atoms with E-state index in [0.29, 0.717) is 24.0 Å². The Morgan fingerprint density at radius 3 is 1.59 bits per heavy atom. The van der Waals surface area contributed by atoms with Crippen LogP contribution in [0.2, 0.25) is 0 Å². The molecule has 2 aliphatic heterocycles. The van der Waals surface area contributed by atoms with Crippen LogP contribution in [0.5, 0.6) is 11.5 Å². The van der Waals surface area contributed by atoms with E-state index in [0.717, 1.165) is 48.5 Å². The average molecular weight is 464 g/mol. The van der Waals surface area contributed by atoms with E-state index in [9.17, 15) is 4.79 Å². The highest BCUT2D eigenvalue weighted by Crippen LogP contribution is 2.25. The zero-order valence-corrected chi connectivity index (χ0v) is 20.4. The summed E-state index contributed by atoms with van der Waals surface area (Å²) in [5.41, 5.74) is 1.87. The van der Waals surface area contributed by atoms with Crippen molar-refractivity contribution in [2.45, 2.75) is 38.5 Å². The largest absolute Gasteiger partial charge is 0.494 e. The highest BCUT2D eigenvalue weighted by atomic mass is 16.5. The van der Waals surface area contributed by atoms with Crippen molar-refractivity contribution in [2.24, 2.45) is 7.05 Å². The Kier molecular flexibility index (Phi) is 7.36. The summed E-state index contributed by atoms with van der Waals surface area (Å²) >= 11 is 0. The lowest BCUT2D eigenvalue weighted by molar-refractivity contribution is 0.263. The van der Waals surface area contributed by atoms with E-state index in [2.05, 4.69) is 14.4 Å². The molecular formula is C28H37N3O3. The third-order valence-corrected chi connectivity index (χ3v) is 7.32. The summed E-state index contributed by atoms with van der Waals surface area (Å²) < 4.78 is 14.1. The maximum absolute atomic E-state index is 13.4. The number of benzene rings is 2. The lowest BCUT2D eigenvalue weighted by atomic mass is 10.1. The molecule has 6 nitrogen and oxygen atoms in total. The topological polar surface area (TPSA) is 46.9 Å². The third-order valence-electron chi connectivity index (χ3n) is 7.32. The first kappa shape index (κ1) is 23.2. The molecule has 3 aromatic rings. The van der Waals surface area contributed by atoms with Gasteiger partial charge in [-0.05, 0) is 101 Å². The summed E-state index contributed by atoms with van der Waals surface area (Å²) in [6.45, 7) is 8.36. The average Bonchev–Trinajstić information content (AvgIpc) is 3.57. The summed E-state index contributed by atoms with van der Waals surface area (Å²) in [5.74, 6) is 1.53. The van der Waals surface area contributed by atoms with Crippen LogP contribution in [0.15, 0.2) is 41.2 Å². The first-order valence-corrected chi connectivity index (χ1v) is 13.0. The Balaban J connectivity index is 1.27. The second kappa shape index (κ2) is 10.8. The van der Waals surface area contributed by atoms with Crippen molar-refractivity contribution in [2.75, 3.05) is 52.5 Å². The van der Waals surface area contributed by atoms with E-state index in [-0.39, 0.29) is 5.43 Å². The molecule has 1 aromatic heterocycles. The van der Waals surface area contributed by atoms with E-state index in [1.807, 2.05) is 43.4 Å². The number of likely N-dealkylation sites (tertiary alicyclic amines) is 2. The number of hydrogen-bond donors (Lipinski definition) is 0. The van der Waals surface area contributed by atoms with Crippen molar-refractivity contribution in [3.05, 3.63) is 46.6 Å². The molecule has 0 atom stereocenters. The number of rotatable bonds is 10. The van der Waals surface area contributed by atoms with Gasteiger partial charge in [-0.25, -0.2) is 0 Å². The fourth-order valence-electron chi connectivity index (χ4n) is 5.40. The van der Waals surface area contributed by atoms with Crippen LogP contribution >= 0.6 is 0 Å². The molecule has 0 aliphatic carbocycles. The monoisotopic (exact) mass is 463 g/mol. The predicted molar refractivity (Wildman–Crippen MR) is 138 cm³/mol. The van der Waals surface area contributed by atoms with Gasteiger partial charge in [0.25, 0.3) is 0 Å². The molecule has 3 heterocycles. The van der Waals surface area contributed by atoms with E-state index in [1.54, 1.807) is 0 Å². The number of hydrogen-bond acceptors (Lipinski definition) is 5. The molecule has 0 amide bonds. The van der Waals surface area contributed by atoms with Gasteiger partial charge in [0.15, 0.2) is 5.43 Å². The molecule has 2 saturated heterocycles. The van der Waals surface area contributed by atoms with Crippen LogP contribution in [0.1, 0.15) is 38.5 Å². The van der Waals surface area contributed by atoms with Crippen LogP contribution < -0.4 is 14.9 Å². The van der Waals surface area contributed by atoms with Crippen LogP contribution in [0.3, 0.4) is 0 Å². The maximum Gasteiger partial charge on any atom is 0.197 e. The number of ether oxygens (including phenoxy) is 2. The molecule has 0 radical (unpaired) electrons. The Bertz CT molecular complexity index is 1090. The first-order valence-electron chi connectivity index (χ1n) is 13.0. The van der Waals surface area contributed by atoms with E-state index in [1.165, 1.54) is 51.9 Å². The number of pyridine rings is 1. The van der Waals surface area contributed by atoms with Crippen molar-refractivity contribution in [3.63, 3.8) is 0 Å². The Morgan fingerprint density at radius 1 is 0.706 bits per heavy atom. The van der Waals surface area contributed by atoms with Crippen molar-refractivity contribution < 1.29 is 9.47 Å². The Hall–Kier alpha value is -2.57. The molecule has 0 N–H and O–H groups in total. The first-order chi connectivity index (χ1) is 16.7. The zero-order chi connectivity index (χ0) is 23.3. The molecule has 182 valence electrons. The van der Waals surface area contributed by atoms with Gasteiger partial charge in [0.1, 0.15) is 11.5 Å². The van der Waals surface area contributed by atoms with Gasteiger partial charge < -0.3 is 23.8 Å². The van der Waals surface area contributed by atoms with Gasteiger partial charge in [-0.15, -0.1) is 0 Å². The highest BCUT2D eigenvalue weighted by molar-refractivity contribution is 5.94. The van der Waals surface area contributed by atoms with Crippen LogP contribution in [-0.2, 0) is 7.05 Å². The predicted octanol–water partition coefficient (Wildman–Crippen LogP) is 4.42. The minimum absolute atomic E-state index is 0.0353. The number of fused-ring (bicyclic) bond motifs is 2. The number of aryl methyl sites for hydroxylation is 1. The summed E-state index contributed by atoms with van der Waals surface area (Å²) in [5, 5.41) is 1.39. The van der Waals surface area contributed by atoms with E-state index < -0.39 is 0 Å². The standard InChI is InChI=1S/C28H37N3O3/c1-29-26-10-8-22(33-18-6-16-30-12-2-3-13-30)20-24(26)28(32)25-21-23(9-11-27(25)29)34-19-7-17-31-14-4-5-15-31/h8-11,20-21H,2-7,12-19H2,1H3. The summed E-state index contributed by atoms with van der Waals surface area (Å²) in [4.78, 5) is 18.4. The van der Waals surface area contributed by atoms with E-state index >= 15 is 0 Å². The van der Waals surface area contributed by atoms with E-state index in [4.69, 9.17) is 9.47 Å². The molecule has 2 fully saturated rings. The van der Waals surface area contributed by atoms with Crippen molar-refractivity contribution in [1.29, 1.82) is 0 Å². The zero-order valence-electron chi connectivity index (χ0n) is 20.4. The Labute approximate surface area is 202 Å². The summed E-state index contributed by atoms with van der Waals surface area (Å²) in [6.07, 6.45) is 7.27. The normalized spacial score (nSPS) is 17.2. The van der Waals surface area contributed by atoms with Crippen LogP contribution in [0.25, 0.3) is 21.8 Å². The Morgan fingerprint density at radius 2 is 1.15 bits per heavy atom. The van der Waals surface area contributed by atoms with Gasteiger partial charge in [-0.1, -0.05) is 0 Å². The van der Waals surface area contributed by atoms with Crippen LogP contribution in [0, 0.1) is 0 Å². The van der Waals surface area contributed by atoms with Crippen molar-refractivity contribution in [1.82, 2.24) is 14.4 Å². The molecule has 5 rings (SSSR count). The second-order valence-corrected chi connectivity index (χ2v) is 9.75. The molecule has 2 aliphatic rings. The van der Waals surface area contributed by atoms with Crippen molar-refractivity contribution >= 4 is 21.8 Å². The minimum atomic E-state index is 0.0353. The van der Waals surface area contributed by atoms with Gasteiger partial charge in [0.2, 0.25) is 0 Å². The molecule has 2 aromatic carbocycles. The third kappa shape index (κ3) is 5.23. The molecular weight excluding hydrogens is 426 g/mol.